The summed E-state index contributed by atoms with van der Waals surface area (Å²) < 4.78 is 9.38. The molecule has 1 aliphatic heterocycles. The molecule has 0 fully saturated rings. The van der Waals surface area contributed by atoms with Crippen molar-refractivity contribution in [3.8, 4) is 11.5 Å². The fourth-order valence-corrected chi connectivity index (χ4v) is 3.20. The summed E-state index contributed by atoms with van der Waals surface area (Å²) in [5.74, 6) is 2.88. The van der Waals surface area contributed by atoms with E-state index < -0.39 is 0 Å². The fraction of sp³-hybridized carbons (Fsp3) is 0.467. The fourth-order valence-electron chi connectivity index (χ4n) is 2.83. The zero-order chi connectivity index (χ0) is 16.4. The summed E-state index contributed by atoms with van der Waals surface area (Å²) in [6.07, 6.45) is 6.79. The van der Waals surface area contributed by atoms with Gasteiger partial charge in [0.25, 0.3) is 0 Å². The van der Waals surface area contributed by atoms with Crippen molar-refractivity contribution in [2.45, 2.75) is 31.8 Å². The van der Waals surface area contributed by atoms with Crippen LogP contribution in [0.3, 0.4) is 0 Å². The first-order valence-corrected chi connectivity index (χ1v) is 9.32. The number of nitrogens with zero attached hydrogens (tertiary/aromatic N) is 6. The van der Waals surface area contributed by atoms with Crippen LogP contribution in [0, 0.1) is 0 Å². The second-order valence-electron chi connectivity index (χ2n) is 5.69. The maximum atomic E-state index is 5.32. The summed E-state index contributed by atoms with van der Waals surface area (Å²) in [6.45, 7) is 3.31. The smallest absolute Gasteiger partial charge is 0.246 e. The molecule has 0 atom stereocenters. The Morgan fingerprint density at radius 1 is 1.40 bits per heavy atom. The number of hydrogen-bond donors (Lipinski definition) is 1. The van der Waals surface area contributed by atoms with Crippen LogP contribution in [-0.2, 0) is 25.4 Å². The van der Waals surface area contributed by atoms with Crippen molar-refractivity contribution in [1.29, 1.82) is 0 Å². The molecule has 3 aromatic heterocycles. The van der Waals surface area contributed by atoms with Gasteiger partial charge in [0, 0.05) is 25.5 Å². The largest absolute Gasteiger partial charge is 0.337 e. The van der Waals surface area contributed by atoms with Crippen LogP contribution in [0.1, 0.15) is 23.8 Å². The minimum absolute atomic E-state index is 0. The Kier molecular flexibility index (Phi) is 5.77. The van der Waals surface area contributed by atoms with Gasteiger partial charge in [-0.1, -0.05) is 5.16 Å². The molecule has 0 radical (unpaired) electrons. The predicted molar refractivity (Wildman–Crippen MR) is 97.6 cm³/mol. The van der Waals surface area contributed by atoms with E-state index in [0.717, 1.165) is 49.2 Å². The van der Waals surface area contributed by atoms with Crippen LogP contribution in [0.25, 0.3) is 11.5 Å². The zero-order valence-corrected chi connectivity index (χ0v) is 15.5. The highest BCUT2D eigenvalue weighted by molar-refractivity contribution is 7.97. The van der Waals surface area contributed by atoms with E-state index in [9.17, 15) is 0 Å². The van der Waals surface area contributed by atoms with E-state index in [0.29, 0.717) is 12.4 Å². The molecule has 0 bridgehead atoms. The normalized spacial score (nSPS) is 14.0. The average Bonchev–Trinajstić information content (AvgIpc) is 3.27. The monoisotopic (exact) mass is 381 g/mol. The third-order valence-electron chi connectivity index (χ3n) is 3.93. The summed E-state index contributed by atoms with van der Waals surface area (Å²) in [5.41, 5.74) is 2.07. The van der Waals surface area contributed by atoms with Gasteiger partial charge in [-0.3, -0.25) is 4.68 Å². The molecule has 134 valence electrons. The zero-order valence-electron chi connectivity index (χ0n) is 13.9. The molecule has 4 rings (SSSR count). The molecule has 0 unspecified atom stereocenters. The number of thioether (sulfide) groups is 1. The molecular formula is C15H20ClN7OS. The third kappa shape index (κ3) is 3.88. The van der Waals surface area contributed by atoms with E-state index in [1.54, 1.807) is 18.0 Å². The average molecular weight is 382 g/mol. The molecular weight excluding hydrogens is 362 g/mol. The van der Waals surface area contributed by atoms with Crippen molar-refractivity contribution >= 4 is 24.2 Å². The van der Waals surface area contributed by atoms with Gasteiger partial charge in [-0.25, -0.2) is 4.98 Å². The Hall–Kier alpha value is -1.84. The van der Waals surface area contributed by atoms with E-state index in [4.69, 9.17) is 9.62 Å². The molecule has 0 saturated heterocycles. The highest BCUT2D eigenvalue weighted by Gasteiger charge is 2.16. The number of imidazole rings is 1. The highest BCUT2D eigenvalue weighted by Crippen LogP contribution is 2.20. The van der Waals surface area contributed by atoms with Gasteiger partial charge in [0.1, 0.15) is 12.2 Å². The van der Waals surface area contributed by atoms with E-state index in [2.05, 4.69) is 31.2 Å². The van der Waals surface area contributed by atoms with Crippen molar-refractivity contribution in [2.75, 3.05) is 12.8 Å². The molecule has 0 aliphatic carbocycles. The second-order valence-corrected chi connectivity index (χ2v) is 6.56. The number of halogens is 1. The van der Waals surface area contributed by atoms with E-state index in [-0.39, 0.29) is 12.4 Å². The van der Waals surface area contributed by atoms with Gasteiger partial charge in [0.2, 0.25) is 5.89 Å². The number of rotatable bonds is 5. The van der Waals surface area contributed by atoms with Crippen molar-refractivity contribution in [2.24, 2.45) is 0 Å². The Labute approximate surface area is 155 Å². The van der Waals surface area contributed by atoms with Crippen molar-refractivity contribution in [3.63, 3.8) is 0 Å². The van der Waals surface area contributed by atoms with Gasteiger partial charge in [0.05, 0.1) is 11.4 Å². The molecule has 25 heavy (non-hydrogen) atoms. The number of fused-ring (bicyclic) bond motifs is 1. The quantitative estimate of drug-likeness (QED) is 0.722. The molecule has 0 aromatic carbocycles. The van der Waals surface area contributed by atoms with Crippen LogP contribution in [0.2, 0.25) is 0 Å². The standard InChI is InChI=1S/C15H19N7OS.ClH/c1-24-10-13-18-14(23-20-13)9-21-6-4-17-15(21)12-7-11-8-16-3-2-5-22(11)19-12;/h4,6-7,16H,2-3,5,8-10H2,1H3;1H. The second kappa shape index (κ2) is 8.03. The first-order chi connectivity index (χ1) is 11.8. The minimum Gasteiger partial charge on any atom is -0.337 e. The molecule has 0 saturated carbocycles. The Morgan fingerprint density at radius 2 is 2.32 bits per heavy atom. The van der Waals surface area contributed by atoms with Gasteiger partial charge >= 0.3 is 0 Å². The summed E-state index contributed by atoms with van der Waals surface area (Å²) in [4.78, 5) is 8.87. The first-order valence-electron chi connectivity index (χ1n) is 7.93. The predicted octanol–water partition coefficient (Wildman–Crippen LogP) is 1.96. The summed E-state index contributed by atoms with van der Waals surface area (Å²) in [5, 5.41) is 12.1. The number of aromatic nitrogens is 6. The molecule has 0 amide bonds. The van der Waals surface area contributed by atoms with Crippen molar-refractivity contribution in [1.82, 2.24) is 34.8 Å². The molecule has 1 aliphatic rings. The topological polar surface area (TPSA) is 86.6 Å². The SMILES string of the molecule is CSCc1noc(Cn2ccnc2-c2cc3n(n2)CCCNC3)n1.Cl. The highest BCUT2D eigenvalue weighted by atomic mass is 35.5. The molecule has 0 spiro atoms. The van der Waals surface area contributed by atoms with Gasteiger partial charge in [-0.2, -0.15) is 21.8 Å². The lowest BCUT2D eigenvalue weighted by Gasteiger charge is -2.02. The molecule has 8 nitrogen and oxygen atoms in total. The summed E-state index contributed by atoms with van der Waals surface area (Å²) in [6, 6.07) is 2.10. The van der Waals surface area contributed by atoms with Gasteiger partial charge in [-0.05, 0) is 25.3 Å². The lowest BCUT2D eigenvalue weighted by Crippen LogP contribution is -2.11. The number of hydrogen-bond acceptors (Lipinski definition) is 7. The van der Waals surface area contributed by atoms with Crippen LogP contribution in [0.5, 0.6) is 0 Å². The van der Waals surface area contributed by atoms with Crippen LogP contribution < -0.4 is 5.32 Å². The number of aryl methyl sites for hydroxylation is 1. The van der Waals surface area contributed by atoms with Crippen molar-refractivity contribution in [3.05, 3.63) is 35.9 Å². The van der Waals surface area contributed by atoms with Gasteiger partial charge in [0.15, 0.2) is 11.6 Å². The molecule has 4 heterocycles. The molecule has 3 aromatic rings. The first kappa shape index (κ1) is 18.0. The van der Waals surface area contributed by atoms with Crippen LogP contribution in [0.4, 0.5) is 0 Å². The summed E-state index contributed by atoms with van der Waals surface area (Å²) in [7, 11) is 0. The van der Waals surface area contributed by atoms with Gasteiger partial charge < -0.3 is 14.4 Å². The van der Waals surface area contributed by atoms with Crippen LogP contribution >= 0.6 is 24.2 Å². The van der Waals surface area contributed by atoms with E-state index in [1.807, 2.05) is 17.0 Å². The Balaban J connectivity index is 0.00000182. The Morgan fingerprint density at radius 3 is 3.20 bits per heavy atom. The summed E-state index contributed by atoms with van der Waals surface area (Å²) >= 11 is 1.67. The van der Waals surface area contributed by atoms with Crippen molar-refractivity contribution < 1.29 is 4.52 Å². The van der Waals surface area contributed by atoms with E-state index in [1.165, 1.54) is 5.69 Å². The maximum Gasteiger partial charge on any atom is 0.246 e. The van der Waals surface area contributed by atoms with Crippen LogP contribution in [-0.4, -0.2) is 42.3 Å². The van der Waals surface area contributed by atoms with Crippen LogP contribution in [0.15, 0.2) is 23.0 Å². The molecule has 10 heteroatoms. The maximum absolute atomic E-state index is 5.32. The Bertz CT molecular complexity index is 804. The lowest BCUT2D eigenvalue weighted by molar-refractivity contribution is 0.368. The molecule has 1 N–H and O–H groups in total. The number of nitrogens with one attached hydrogen (secondary N) is 1. The lowest BCUT2D eigenvalue weighted by atomic mass is 10.3. The third-order valence-corrected chi connectivity index (χ3v) is 4.47. The minimum atomic E-state index is 0. The van der Waals surface area contributed by atoms with E-state index >= 15 is 0 Å². The van der Waals surface area contributed by atoms with Gasteiger partial charge in [-0.15, -0.1) is 12.4 Å².